The summed E-state index contributed by atoms with van der Waals surface area (Å²) in [5.74, 6) is 1.16. The number of amides is 1. The van der Waals surface area contributed by atoms with Gasteiger partial charge in [-0.05, 0) is 56.5 Å². The summed E-state index contributed by atoms with van der Waals surface area (Å²) in [5, 5.41) is 12.7. The van der Waals surface area contributed by atoms with Crippen LogP contribution in [-0.4, -0.2) is 23.1 Å². The molecule has 2 aromatic heterocycles. The topological polar surface area (TPSA) is 74.2 Å². The van der Waals surface area contributed by atoms with Crippen LogP contribution in [0.2, 0.25) is 0 Å². The van der Waals surface area contributed by atoms with Gasteiger partial charge < -0.3 is 19.2 Å². The molecule has 1 aliphatic rings. The minimum Gasteiger partial charge on any atom is -0.467 e. The van der Waals surface area contributed by atoms with Gasteiger partial charge in [0.25, 0.3) is 0 Å². The maximum Gasteiger partial charge on any atom is 0.245 e. The molecule has 0 saturated heterocycles. The molecular formula is C23H24N4O2. The van der Waals surface area contributed by atoms with Crippen LogP contribution >= 0.6 is 0 Å². The first-order chi connectivity index (χ1) is 14.0. The SMILES string of the molecule is Cc1c(C#N)c(NC(=O)CN2c3ccccc3C[C@@H]2C)n(Cc2ccco2)c1C. The molecule has 6 nitrogen and oxygen atoms in total. The van der Waals surface area contributed by atoms with Crippen LogP contribution in [0.3, 0.4) is 0 Å². The van der Waals surface area contributed by atoms with Crippen LogP contribution in [0.5, 0.6) is 0 Å². The first-order valence-corrected chi connectivity index (χ1v) is 9.76. The number of aromatic nitrogens is 1. The lowest BCUT2D eigenvalue weighted by Gasteiger charge is -2.24. The zero-order chi connectivity index (χ0) is 20.5. The maximum absolute atomic E-state index is 13.0. The highest BCUT2D eigenvalue weighted by atomic mass is 16.3. The molecule has 0 radical (unpaired) electrons. The number of nitrogens with zero attached hydrogens (tertiary/aromatic N) is 3. The van der Waals surface area contributed by atoms with E-state index in [0.29, 0.717) is 17.9 Å². The van der Waals surface area contributed by atoms with Crippen LogP contribution in [0.25, 0.3) is 0 Å². The van der Waals surface area contributed by atoms with Gasteiger partial charge in [-0.2, -0.15) is 5.26 Å². The third kappa shape index (κ3) is 3.40. The lowest BCUT2D eigenvalue weighted by atomic mass is 10.1. The van der Waals surface area contributed by atoms with Crippen molar-refractivity contribution < 1.29 is 9.21 Å². The third-order valence-electron chi connectivity index (χ3n) is 5.76. The van der Waals surface area contributed by atoms with Crippen molar-refractivity contribution >= 4 is 17.4 Å². The second kappa shape index (κ2) is 7.51. The fourth-order valence-electron chi connectivity index (χ4n) is 4.08. The summed E-state index contributed by atoms with van der Waals surface area (Å²) in [7, 11) is 0. The molecule has 0 spiro atoms. The zero-order valence-corrected chi connectivity index (χ0v) is 16.9. The summed E-state index contributed by atoms with van der Waals surface area (Å²) < 4.78 is 7.41. The van der Waals surface area contributed by atoms with Gasteiger partial charge >= 0.3 is 0 Å². The van der Waals surface area contributed by atoms with Gasteiger partial charge in [0.1, 0.15) is 17.6 Å². The van der Waals surface area contributed by atoms with Crippen molar-refractivity contribution in [2.24, 2.45) is 0 Å². The molecule has 0 unspecified atom stereocenters. The third-order valence-corrected chi connectivity index (χ3v) is 5.76. The lowest BCUT2D eigenvalue weighted by molar-refractivity contribution is -0.115. The van der Waals surface area contributed by atoms with Crippen molar-refractivity contribution in [2.75, 3.05) is 16.8 Å². The Hall–Kier alpha value is -3.46. The van der Waals surface area contributed by atoms with Crippen molar-refractivity contribution in [2.45, 2.75) is 39.8 Å². The molecule has 0 bridgehead atoms. The number of carbonyl (C=O) groups excluding carboxylic acids is 1. The number of rotatable bonds is 5. The first kappa shape index (κ1) is 18.9. The molecule has 1 N–H and O–H groups in total. The fourth-order valence-corrected chi connectivity index (χ4v) is 4.08. The van der Waals surface area contributed by atoms with Gasteiger partial charge in [-0.1, -0.05) is 18.2 Å². The van der Waals surface area contributed by atoms with E-state index in [1.165, 1.54) is 5.56 Å². The Balaban J connectivity index is 1.60. The average molecular weight is 388 g/mol. The number of benzene rings is 1. The largest absolute Gasteiger partial charge is 0.467 e. The molecule has 1 aromatic carbocycles. The second-order valence-electron chi connectivity index (χ2n) is 7.57. The van der Waals surface area contributed by atoms with E-state index in [0.717, 1.165) is 29.1 Å². The molecule has 0 aliphatic carbocycles. The van der Waals surface area contributed by atoms with Gasteiger partial charge in [-0.15, -0.1) is 0 Å². The molecule has 0 saturated carbocycles. The predicted octanol–water partition coefficient (Wildman–Crippen LogP) is 4.01. The van der Waals surface area contributed by atoms with E-state index in [9.17, 15) is 10.1 Å². The first-order valence-electron chi connectivity index (χ1n) is 9.76. The van der Waals surface area contributed by atoms with E-state index in [4.69, 9.17) is 4.42 Å². The van der Waals surface area contributed by atoms with Gasteiger partial charge in [0.05, 0.1) is 24.9 Å². The molecule has 1 aliphatic heterocycles. The van der Waals surface area contributed by atoms with Crippen molar-refractivity contribution in [3.8, 4) is 6.07 Å². The van der Waals surface area contributed by atoms with Crippen molar-refractivity contribution in [1.82, 2.24) is 4.57 Å². The van der Waals surface area contributed by atoms with E-state index in [2.05, 4.69) is 35.3 Å². The molecule has 4 rings (SSSR count). The number of para-hydroxylation sites is 1. The van der Waals surface area contributed by atoms with E-state index in [1.54, 1.807) is 6.26 Å². The number of hydrogen-bond donors (Lipinski definition) is 1. The van der Waals surface area contributed by atoms with E-state index in [-0.39, 0.29) is 18.5 Å². The number of hydrogen-bond acceptors (Lipinski definition) is 4. The zero-order valence-electron chi connectivity index (χ0n) is 16.9. The van der Waals surface area contributed by atoms with Crippen LogP contribution in [0.4, 0.5) is 11.5 Å². The van der Waals surface area contributed by atoms with Crippen LogP contribution in [0.1, 0.15) is 35.1 Å². The highest BCUT2D eigenvalue weighted by Crippen LogP contribution is 2.32. The second-order valence-corrected chi connectivity index (χ2v) is 7.57. The Morgan fingerprint density at radius 1 is 1.28 bits per heavy atom. The smallest absolute Gasteiger partial charge is 0.245 e. The fraction of sp³-hybridized carbons (Fsp3) is 0.304. The molecule has 3 heterocycles. The Labute approximate surface area is 170 Å². The normalized spacial score (nSPS) is 15.2. The van der Waals surface area contributed by atoms with Crippen molar-refractivity contribution in [3.63, 3.8) is 0 Å². The van der Waals surface area contributed by atoms with Gasteiger partial charge in [-0.3, -0.25) is 4.79 Å². The summed E-state index contributed by atoms with van der Waals surface area (Å²) >= 11 is 0. The summed E-state index contributed by atoms with van der Waals surface area (Å²) in [6.45, 7) is 6.68. The Morgan fingerprint density at radius 3 is 2.79 bits per heavy atom. The van der Waals surface area contributed by atoms with Crippen LogP contribution in [0, 0.1) is 25.2 Å². The lowest BCUT2D eigenvalue weighted by Crippen LogP contribution is -2.37. The molecule has 0 fully saturated rings. The molecule has 3 aromatic rings. The predicted molar refractivity (Wildman–Crippen MR) is 112 cm³/mol. The van der Waals surface area contributed by atoms with Crippen molar-refractivity contribution in [1.29, 1.82) is 5.26 Å². The minimum atomic E-state index is -0.136. The standard InChI is InChI=1S/C23H24N4O2/c1-15-11-18-7-4-5-9-21(18)26(15)14-22(28)25-23-20(12-24)16(2)17(3)27(23)13-19-8-6-10-29-19/h4-10,15H,11,13-14H2,1-3H3,(H,25,28)/t15-/m0/s1. The van der Waals surface area contributed by atoms with E-state index < -0.39 is 0 Å². The molecule has 1 amide bonds. The Kier molecular flexibility index (Phi) is 4.89. The van der Waals surface area contributed by atoms with Gasteiger partial charge in [0, 0.05) is 17.4 Å². The Bertz CT molecular complexity index is 1090. The summed E-state index contributed by atoms with van der Waals surface area (Å²) in [5.41, 5.74) is 4.67. The highest BCUT2D eigenvalue weighted by Gasteiger charge is 2.28. The average Bonchev–Trinajstić information content (AvgIpc) is 3.38. The summed E-state index contributed by atoms with van der Waals surface area (Å²) in [4.78, 5) is 15.1. The number of fused-ring (bicyclic) bond motifs is 1. The number of carbonyl (C=O) groups is 1. The molecule has 29 heavy (non-hydrogen) atoms. The number of nitrogens with one attached hydrogen (secondary N) is 1. The minimum absolute atomic E-state index is 0.136. The number of nitriles is 1. The van der Waals surface area contributed by atoms with Gasteiger partial charge in [-0.25, -0.2) is 0 Å². The Morgan fingerprint density at radius 2 is 2.07 bits per heavy atom. The van der Waals surface area contributed by atoms with E-state index >= 15 is 0 Å². The van der Waals surface area contributed by atoms with Gasteiger partial charge in [0.15, 0.2) is 0 Å². The van der Waals surface area contributed by atoms with Crippen LogP contribution in [-0.2, 0) is 17.8 Å². The van der Waals surface area contributed by atoms with Gasteiger partial charge in [0.2, 0.25) is 5.91 Å². The molecule has 6 heteroatoms. The quantitative estimate of drug-likeness (QED) is 0.717. The molecule has 148 valence electrons. The monoisotopic (exact) mass is 388 g/mol. The van der Waals surface area contributed by atoms with E-state index in [1.807, 2.05) is 42.7 Å². The number of anilines is 2. The number of furan rings is 1. The molecular weight excluding hydrogens is 364 g/mol. The van der Waals surface area contributed by atoms with Crippen molar-refractivity contribution in [3.05, 3.63) is 70.8 Å². The van der Waals surface area contributed by atoms with Crippen LogP contribution in [0.15, 0.2) is 47.1 Å². The summed E-state index contributed by atoms with van der Waals surface area (Å²) in [6.07, 6.45) is 2.55. The van der Waals surface area contributed by atoms with Crippen LogP contribution < -0.4 is 10.2 Å². The highest BCUT2D eigenvalue weighted by molar-refractivity contribution is 5.95. The maximum atomic E-state index is 13.0. The molecule has 1 atom stereocenters. The summed E-state index contributed by atoms with van der Waals surface area (Å²) in [6, 6.07) is 14.4.